The molecule has 3 N–H and O–H groups in total. The number of nitrogens with zero attached hydrogens (tertiary/aromatic N) is 1. The van der Waals surface area contributed by atoms with E-state index in [1.54, 1.807) is 6.07 Å². The predicted octanol–water partition coefficient (Wildman–Crippen LogP) is 4.31. The number of benzene rings is 1. The Morgan fingerprint density at radius 1 is 1.39 bits per heavy atom. The molecule has 1 fully saturated rings. The number of rotatable bonds is 4. The summed E-state index contributed by atoms with van der Waals surface area (Å²) < 4.78 is 0. The van der Waals surface area contributed by atoms with Crippen LogP contribution in [0.5, 0.6) is 0 Å². The fourth-order valence-corrected chi connectivity index (χ4v) is 3.68. The summed E-state index contributed by atoms with van der Waals surface area (Å²) in [6.45, 7) is 6.63. The number of anilines is 2. The molecule has 1 aromatic rings. The van der Waals surface area contributed by atoms with Gasteiger partial charge in [-0.25, -0.2) is 4.79 Å². The monoisotopic (exact) mass is 321 g/mol. The van der Waals surface area contributed by atoms with Crippen LogP contribution in [0, 0.1) is 21.4 Å². The van der Waals surface area contributed by atoms with Crippen LogP contribution in [-0.2, 0) is 0 Å². The van der Waals surface area contributed by atoms with Gasteiger partial charge in [0.15, 0.2) is 0 Å². The lowest BCUT2D eigenvalue weighted by molar-refractivity contribution is -0.383. The molecule has 7 heteroatoms. The molecule has 0 spiro atoms. The van der Waals surface area contributed by atoms with Gasteiger partial charge in [-0.1, -0.05) is 20.8 Å². The molecule has 0 heterocycles. The smallest absolute Gasteiger partial charge is 0.409 e. The van der Waals surface area contributed by atoms with E-state index in [2.05, 4.69) is 31.4 Å². The molecule has 2 atom stereocenters. The summed E-state index contributed by atoms with van der Waals surface area (Å²) >= 11 is 0. The fraction of sp³-hybridized carbons (Fsp3) is 0.562. The van der Waals surface area contributed by atoms with Crippen molar-refractivity contribution in [2.24, 2.45) is 11.3 Å². The highest BCUT2D eigenvalue weighted by atomic mass is 16.6. The lowest BCUT2D eigenvalue weighted by Gasteiger charge is -2.39. The molecule has 7 nitrogen and oxygen atoms in total. The lowest BCUT2D eigenvalue weighted by Crippen LogP contribution is -2.35. The summed E-state index contributed by atoms with van der Waals surface area (Å²) in [5.74, 6) is 0.559. The zero-order chi connectivity index (χ0) is 17.2. The van der Waals surface area contributed by atoms with E-state index in [4.69, 9.17) is 5.11 Å². The third kappa shape index (κ3) is 4.58. The summed E-state index contributed by atoms with van der Waals surface area (Å²) in [7, 11) is 0. The summed E-state index contributed by atoms with van der Waals surface area (Å²) in [5.41, 5.74) is 0.703. The minimum absolute atomic E-state index is 0.118. The van der Waals surface area contributed by atoms with Gasteiger partial charge in [0.25, 0.3) is 5.69 Å². The first-order valence-corrected chi connectivity index (χ1v) is 7.71. The Kier molecular flexibility index (Phi) is 4.77. The van der Waals surface area contributed by atoms with Crippen LogP contribution < -0.4 is 10.6 Å². The van der Waals surface area contributed by atoms with Crippen molar-refractivity contribution in [1.82, 2.24) is 0 Å². The highest BCUT2D eigenvalue weighted by Crippen LogP contribution is 2.40. The summed E-state index contributed by atoms with van der Waals surface area (Å²) in [6.07, 6.45) is 1.82. The van der Waals surface area contributed by atoms with Gasteiger partial charge in [-0.15, -0.1) is 0 Å². The molecule has 23 heavy (non-hydrogen) atoms. The van der Waals surface area contributed by atoms with E-state index >= 15 is 0 Å². The number of nitro benzene ring substituents is 1. The van der Waals surface area contributed by atoms with Crippen LogP contribution in [-0.4, -0.2) is 22.2 Å². The van der Waals surface area contributed by atoms with Crippen LogP contribution in [0.4, 0.5) is 21.9 Å². The van der Waals surface area contributed by atoms with Gasteiger partial charge in [-0.3, -0.25) is 15.4 Å². The van der Waals surface area contributed by atoms with Crippen molar-refractivity contribution in [2.75, 3.05) is 10.6 Å². The lowest BCUT2D eigenvalue weighted by atomic mass is 9.70. The summed E-state index contributed by atoms with van der Waals surface area (Å²) in [6, 6.07) is 4.51. The van der Waals surface area contributed by atoms with Crippen LogP contribution in [0.15, 0.2) is 18.2 Å². The molecule has 2 rings (SSSR count). The first-order valence-electron chi connectivity index (χ1n) is 7.71. The number of amides is 1. The molecule has 1 aliphatic rings. The minimum atomic E-state index is -1.25. The average Bonchev–Trinajstić information content (AvgIpc) is 2.37. The van der Waals surface area contributed by atoms with E-state index < -0.39 is 11.0 Å². The Balaban J connectivity index is 2.21. The van der Waals surface area contributed by atoms with Crippen LogP contribution in [0.3, 0.4) is 0 Å². The second-order valence-electron chi connectivity index (χ2n) is 7.17. The number of nitro groups is 1. The Hall–Kier alpha value is -2.31. The molecule has 1 aliphatic carbocycles. The zero-order valence-electron chi connectivity index (χ0n) is 13.6. The van der Waals surface area contributed by atoms with Crippen molar-refractivity contribution in [1.29, 1.82) is 0 Å². The third-order valence-electron chi connectivity index (χ3n) is 4.19. The predicted molar refractivity (Wildman–Crippen MR) is 89.0 cm³/mol. The Morgan fingerprint density at radius 2 is 2.09 bits per heavy atom. The first kappa shape index (κ1) is 17.1. The molecular formula is C16H23N3O4. The van der Waals surface area contributed by atoms with E-state index in [9.17, 15) is 14.9 Å². The minimum Gasteiger partial charge on any atom is -0.465 e. The first-order chi connectivity index (χ1) is 10.7. The zero-order valence-corrected chi connectivity index (χ0v) is 13.6. The third-order valence-corrected chi connectivity index (χ3v) is 4.19. The van der Waals surface area contributed by atoms with Crippen molar-refractivity contribution >= 4 is 23.2 Å². The quantitative estimate of drug-likeness (QED) is 0.566. The fourth-order valence-electron chi connectivity index (χ4n) is 3.68. The van der Waals surface area contributed by atoms with Crippen LogP contribution in [0.25, 0.3) is 0 Å². The molecular weight excluding hydrogens is 298 g/mol. The van der Waals surface area contributed by atoms with E-state index in [1.165, 1.54) is 12.1 Å². The highest BCUT2D eigenvalue weighted by molar-refractivity contribution is 5.84. The molecule has 0 bridgehead atoms. The van der Waals surface area contributed by atoms with E-state index in [0.29, 0.717) is 11.6 Å². The maximum Gasteiger partial charge on any atom is 0.409 e. The second kappa shape index (κ2) is 6.44. The van der Waals surface area contributed by atoms with Crippen LogP contribution >= 0.6 is 0 Å². The van der Waals surface area contributed by atoms with Gasteiger partial charge in [-0.05, 0) is 42.7 Å². The number of carboxylic acid groups (broad SMARTS) is 1. The molecule has 0 aliphatic heterocycles. The number of carbonyl (C=O) groups is 1. The maximum absolute atomic E-state index is 11.3. The standard InChI is InChI=1S/C16H23N3O4/c1-10-6-12(9-16(2,3)8-10)17-13-5-4-11(18-15(20)21)7-14(13)19(22)23/h4-5,7,10,12,17-18H,6,8-9H2,1-3H3,(H,20,21)/t10-,12+/m1/s1. The van der Waals surface area contributed by atoms with Gasteiger partial charge in [0, 0.05) is 12.1 Å². The molecule has 1 aromatic carbocycles. The Morgan fingerprint density at radius 3 is 2.65 bits per heavy atom. The maximum atomic E-state index is 11.3. The Labute approximate surface area is 135 Å². The summed E-state index contributed by atoms with van der Waals surface area (Å²) in [5, 5.41) is 25.4. The van der Waals surface area contributed by atoms with E-state index in [0.717, 1.165) is 19.3 Å². The van der Waals surface area contributed by atoms with Crippen molar-refractivity contribution in [3.63, 3.8) is 0 Å². The van der Waals surface area contributed by atoms with Gasteiger partial charge in [0.05, 0.1) is 10.6 Å². The molecule has 126 valence electrons. The van der Waals surface area contributed by atoms with Crippen LogP contribution in [0.2, 0.25) is 0 Å². The van der Waals surface area contributed by atoms with Gasteiger partial charge in [0.1, 0.15) is 5.69 Å². The molecule has 0 aromatic heterocycles. The number of hydrogen-bond acceptors (Lipinski definition) is 4. The van der Waals surface area contributed by atoms with Crippen molar-refractivity contribution < 1.29 is 14.8 Å². The molecule has 1 amide bonds. The van der Waals surface area contributed by atoms with Crippen molar-refractivity contribution in [2.45, 2.75) is 46.1 Å². The van der Waals surface area contributed by atoms with Crippen LogP contribution in [0.1, 0.15) is 40.0 Å². The van der Waals surface area contributed by atoms with E-state index in [1.807, 2.05) is 0 Å². The highest BCUT2D eigenvalue weighted by Gasteiger charge is 2.32. The van der Waals surface area contributed by atoms with Gasteiger partial charge < -0.3 is 10.4 Å². The number of nitrogens with one attached hydrogen (secondary N) is 2. The molecule has 1 saturated carbocycles. The average molecular weight is 321 g/mol. The number of hydrogen-bond donors (Lipinski definition) is 3. The normalized spacial score (nSPS) is 23.1. The van der Waals surface area contributed by atoms with Crippen molar-refractivity contribution in [3.05, 3.63) is 28.3 Å². The van der Waals surface area contributed by atoms with E-state index in [-0.39, 0.29) is 22.8 Å². The largest absolute Gasteiger partial charge is 0.465 e. The van der Waals surface area contributed by atoms with Gasteiger partial charge in [-0.2, -0.15) is 0 Å². The second-order valence-corrected chi connectivity index (χ2v) is 7.17. The molecule has 0 unspecified atom stereocenters. The van der Waals surface area contributed by atoms with Gasteiger partial charge in [0.2, 0.25) is 0 Å². The van der Waals surface area contributed by atoms with Gasteiger partial charge >= 0.3 is 6.09 Å². The topological polar surface area (TPSA) is 104 Å². The van der Waals surface area contributed by atoms with Crippen molar-refractivity contribution in [3.8, 4) is 0 Å². The summed E-state index contributed by atoms with van der Waals surface area (Å²) in [4.78, 5) is 21.5. The molecule has 0 saturated heterocycles. The SMILES string of the molecule is C[C@@H]1C[C@H](Nc2ccc(NC(=O)O)cc2[N+](=O)[O-])CC(C)(C)C1. The Bertz CT molecular complexity index is 615. The molecule has 0 radical (unpaired) electrons.